The predicted molar refractivity (Wildman–Crippen MR) is 106 cm³/mol. The Bertz CT molecular complexity index is 1020. The van der Waals surface area contributed by atoms with Crippen molar-refractivity contribution in [1.82, 2.24) is 10.0 Å². The summed E-state index contributed by atoms with van der Waals surface area (Å²) < 4.78 is 27.8. The molecule has 2 aromatic rings. The first kappa shape index (κ1) is 21.8. The maximum absolute atomic E-state index is 12.6. The van der Waals surface area contributed by atoms with Crippen molar-refractivity contribution in [2.75, 3.05) is 0 Å². The first-order valence-electron chi connectivity index (χ1n) is 8.25. The molecular weight excluding hydrogens is 406 g/mol. The summed E-state index contributed by atoms with van der Waals surface area (Å²) in [4.78, 5) is 22.7. The summed E-state index contributed by atoms with van der Waals surface area (Å²) in [6.07, 6.45) is 0. The molecule has 0 saturated carbocycles. The number of nitrogens with one attached hydrogen (secondary N) is 2. The van der Waals surface area contributed by atoms with E-state index in [2.05, 4.69) is 10.0 Å². The highest BCUT2D eigenvalue weighted by Crippen LogP contribution is 2.25. The molecule has 0 unspecified atom stereocenters. The summed E-state index contributed by atoms with van der Waals surface area (Å²) in [5.41, 5.74) is -0.621. The number of amides is 1. The molecule has 0 fully saturated rings. The highest BCUT2D eigenvalue weighted by atomic mass is 35.5. The van der Waals surface area contributed by atoms with Gasteiger partial charge in [-0.25, -0.2) is 13.1 Å². The van der Waals surface area contributed by atoms with E-state index in [0.717, 1.165) is 6.07 Å². The van der Waals surface area contributed by atoms with E-state index in [9.17, 15) is 23.3 Å². The molecule has 0 aliphatic rings. The van der Waals surface area contributed by atoms with Crippen LogP contribution in [0.5, 0.6) is 0 Å². The number of carbonyl (C=O) groups excluding carboxylic acids is 1. The summed E-state index contributed by atoms with van der Waals surface area (Å²) in [5.74, 6) is -0.587. The third-order valence-electron chi connectivity index (χ3n) is 3.55. The normalized spacial score (nSPS) is 11.9. The van der Waals surface area contributed by atoms with Crippen LogP contribution in [0.1, 0.15) is 36.7 Å². The molecule has 0 spiro atoms. The Morgan fingerprint density at radius 1 is 1.18 bits per heavy atom. The van der Waals surface area contributed by atoms with Gasteiger partial charge in [-0.15, -0.1) is 0 Å². The molecular formula is C18H20ClN3O5S. The number of hydrogen-bond acceptors (Lipinski definition) is 5. The van der Waals surface area contributed by atoms with Crippen LogP contribution in [-0.4, -0.2) is 24.8 Å². The second-order valence-electron chi connectivity index (χ2n) is 7.07. The molecule has 8 nitrogen and oxygen atoms in total. The molecule has 2 rings (SSSR count). The van der Waals surface area contributed by atoms with Gasteiger partial charge in [0.25, 0.3) is 11.6 Å². The van der Waals surface area contributed by atoms with Gasteiger partial charge in [-0.05, 0) is 44.5 Å². The zero-order chi connectivity index (χ0) is 21.1. The third kappa shape index (κ3) is 5.51. The summed E-state index contributed by atoms with van der Waals surface area (Å²) in [6.45, 7) is 5.10. The molecule has 0 heterocycles. The Balaban J connectivity index is 2.23. The lowest BCUT2D eigenvalue weighted by molar-refractivity contribution is -0.384. The molecule has 10 heteroatoms. The van der Waals surface area contributed by atoms with Gasteiger partial charge < -0.3 is 5.32 Å². The summed E-state index contributed by atoms with van der Waals surface area (Å²) in [7, 11) is -3.79. The van der Waals surface area contributed by atoms with Crippen LogP contribution in [-0.2, 0) is 16.6 Å². The largest absolute Gasteiger partial charge is 0.348 e. The first-order chi connectivity index (χ1) is 12.9. The SMILES string of the molecule is CC(C)(C)NS(=O)(=O)c1ccccc1CNC(=O)c1ccc(Cl)c([N+](=O)[O-])c1. The van der Waals surface area contributed by atoms with Crippen LogP contribution in [0.3, 0.4) is 0 Å². The van der Waals surface area contributed by atoms with Crippen LogP contribution < -0.4 is 10.0 Å². The second-order valence-corrected chi connectivity index (χ2v) is 9.13. The Morgan fingerprint density at radius 2 is 1.82 bits per heavy atom. The fourth-order valence-corrected chi connectivity index (χ4v) is 4.29. The van der Waals surface area contributed by atoms with Crippen molar-refractivity contribution in [1.29, 1.82) is 0 Å². The summed E-state index contributed by atoms with van der Waals surface area (Å²) in [6, 6.07) is 9.97. The molecule has 0 aromatic heterocycles. The van der Waals surface area contributed by atoms with Gasteiger partial charge in [0.05, 0.1) is 9.82 Å². The van der Waals surface area contributed by atoms with Crippen LogP contribution in [0.15, 0.2) is 47.4 Å². The number of benzene rings is 2. The Kier molecular flexibility index (Phi) is 6.43. The van der Waals surface area contributed by atoms with Gasteiger partial charge in [0.1, 0.15) is 5.02 Å². The van der Waals surface area contributed by atoms with Crippen LogP contribution in [0.4, 0.5) is 5.69 Å². The van der Waals surface area contributed by atoms with Crippen molar-refractivity contribution in [2.24, 2.45) is 0 Å². The molecule has 0 atom stereocenters. The van der Waals surface area contributed by atoms with Gasteiger partial charge in [-0.3, -0.25) is 14.9 Å². The number of hydrogen-bond donors (Lipinski definition) is 2. The Morgan fingerprint density at radius 3 is 2.43 bits per heavy atom. The maximum Gasteiger partial charge on any atom is 0.288 e. The Labute approximate surface area is 168 Å². The lowest BCUT2D eigenvalue weighted by Gasteiger charge is -2.21. The number of nitro benzene ring substituents is 1. The van der Waals surface area contributed by atoms with Gasteiger partial charge in [0, 0.05) is 23.7 Å². The average molecular weight is 426 g/mol. The van der Waals surface area contributed by atoms with Gasteiger partial charge in [-0.1, -0.05) is 29.8 Å². The molecule has 1 amide bonds. The van der Waals surface area contributed by atoms with E-state index in [-0.39, 0.29) is 27.7 Å². The molecule has 0 saturated heterocycles. The molecule has 28 heavy (non-hydrogen) atoms. The number of sulfonamides is 1. The lowest BCUT2D eigenvalue weighted by Crippen LogP contribution is -2.41. The molecule has 0 aliphatic carbocycles. The fourth-order valence-electron chi connectivity index (χ4n) is 2.44. The van der Waals surface area contributed by atoms with E-state index in [1.54, 1.807) is 39.0 Å². The average Bonchev–Trinajstić information content (AvgIpc) is 2.58. The van der Waals surface area contributed by atoms with Crippen molar-refractivity contribution >= 4 is 33.2 Å². The van der Waals surface area contributed by atoms with Gasteiger partial charge in [0.2, 0.25) is 10.0 Å². The van der Waals surface area contributed by atoms with Crippen molar-refractivity contribution in [2.45, 2.75) is 37.8 Å². The van der Waals surface area contributed by atoms with Gasteiger partial charge in [0.15, 0.2) is 0 Å². The number of nitro groups is 1. The molecule has 0 bridgehead atoms. The number of carbonyl (C=O) groups is 1. The van der Waals surface area contributed by atoms with Crippen LogP contribution in [0.25, 0.3) is 0 Å². The summed E-state index contributed by atoms with van der Waals surface area (Å²) in [5, 5.41) is 13.5. The van der Waals surface area contributed by atoms with Crippen molar-refractivity contribution in [3.63, 3.8) is 0 Å². The van der Waals surface area contributed by atoms with Crippen molar-refractivity contribution in [3.8, 4) is 0 Å². The quantitative estimate of drug-likeness (QED) is 0.544. The monoisotopic (exact) mass is 425 g/mol. The van der Waals surface area contributed by atoms with Gasteiger partial charge in [-0.2, -0.15) is 0 Å². The van der Waals surface area contributed by atoms with E-state index in [4.69, 9.17) is 11.6 Å². The highest BCUT2D eigenvalue weighted by molar-refractivity contribution is 7.89. The van der Waals surface area contributed by atoms with Gasteiger partial charge >= 0.3 is 0 Å². The van der Waals surface area contributed by atoms with E-state index in [0.29, 0.717) is 5.56 Å². The van der Waals surface area contributed by atoms with Crippen LogP contribution in [0, 0.1) is 10.1 Å². The van der Waals surface area contributed by atoms with Crippen LogP contribution in [0.2, 0.25) is 5.02 Å². The standard InChI is InChI=1S/C18H20ClN3O5S/c1-18(2,3)21-28(26,27)16-7-5-4-6-13(16)11-20-17(23)12-8-9-14(19)15(10-12)22(24)25/h4-10,21H,11H2,1-3H3,(H,20,23). The minimum absolute atomic E-state index is 0.0456. The number of nitrogens with zero attached hydrogens (tertiary/aromatic N) is 1. The maximum atomic E-state index is 12.6. The van der Waals surface area contributed by atoms with Crippen molar-refractivity contribution in [3.05, 3.63) is 68.7 Å². The zero-order valence-electron chi connectivity index (χ0n) is 15.5. The third-order valence-corrected chi connectivity index (χ3v) is 5.73. The van der Waals surface area contributed by atoms with E-state index in [1.807, 2.05) is 0 Å². The second kappa shape index (κ2) is 8.26. The number of halogens is 1. The topological polar surface area (TPSA) is 118 Å². The van der Waals surface area contributed by atoms with Crippen LogP contribution >= 0.6 is 11.6 Å². The summed E-state index contributed by atoms with van der Waals surface area (Å²) >= 11 is 5.75. The van der Waals surface area contributed by atoms with E-state index in [1.165, 1.54) is 18.2 Å². The molecule has 2 N–H and O–H groups in total. The zero-order valence-corrected chi connectivity index (χ0v) is 17.1. The highest BCUT2D eigenvalue weighted by Gasteiger charge is 2.24. The molecule has 0 aliphatic heterocycles. The molecule has 0 radical (unpaired) electrons. The fraction of sp³-hybridized carbons (Fsp3) is 0.278. The lowest BCUT2D eigenvalue weighted by atomic mass is 10.1. The van der Waals surface area contributed by atoms with E-state index >= 15 is 0 Å². The Hall–Kier alpha value is -2.49. The number of rotatable bonds is 6. The minimum atomic E-state index is -3.79. The smallest absolute Gasteiger partial charge is 0.288 e. The van der Waals surface area contributed by atoms with E-state index < -0.39 is 26.4 Å². The predicted octanol–water partition coefficient (Wildman–Crippen LogP) is 3.26. The molecule has 150 valence electrons. The molecule has 2 aromatic carbocycles. The first-order valence-corrected chi connectivity index (χ1v) is 10.1. The van der Waals surface area contributed by atoms with Crippen molar-refractivity contribution < 1.29 is 18.1 Å². The minimum Gasteiger partial charge on any atom is -0.348 e.